The summed E-state index contributed by atoms with van der Waals surface area (Å²) in [6.07, 6.45) is 1.70. The van der Waals surface area contributed by atoms with Crippen LogP contribution in [0.5, 0.6) is 11.8 Å². The smallest absolute Gasteiger partial charge is 0.324 e. The quantitative estimate of drug-likeness (QED) is 0.240. The van der Waals surface area contributed by atoms with Gasteiger partial charge in [-0.05, 0) is 56.7 Å². The zero-order chi connectivity index (χ0) is 25.1. The van der Waals surface area contributed by atoms with Gasteiger partial charge in [0.15, 0.2) is 5.82 Å². The standard InChI is InChI=1S/C26H24N8O2/c1-15-12-19(29-25(35)30-20-8-4-6-18-7-5-11-27-24(18)20)9-10-21(15)36-26-28-16(2)13-22(32-26)31-23-14-17(3)33-34-23/h4-14H,1-3H3,(H2,29,30,35)(H2,28,31,32,33,34). The lowest BCUT2D eigenvalue weighted by molar-refractivity contribution is 0.262. The first-order valence-electron chi connectivity index (χ1n) is 11.3. The number of aromatic amines is 1. The van der Waals surface area contributed by atoms with Crippen LogP contribution in [0.1, 0.15) is 17.0 Å². The molecule has 2 amide bonds. The van der Waals surface area contributed by atoms with Crippen LogP contribution < -0.4 is 20.7 Å². The van der Waals surface area contributed by atoms with Crippen LogP contribution in [0.15, 0.2) is 66.9 Å². The first-order chi connectivity index (χ1) is 17.4. The van der Waals surface area contributed by atoms with E-state index < -0.39 is 0 Å². The van der Waals surface area contributed by atoms with Crippen molar-refractivity contribution in [2.75, 3.05) is 16.0 Å². The second-order valence-corrected chi connectivity index (χ2v) is 8.28. The topological polar surface area (TPSA) is 130 Å². The number of nitrogens with one attached hydrogen (secondary N) is 4. The number of urea groups is 1. The minimum Gasteiger partial charge on any atom is -0.424 e. The van der Waals surface area contributed by atoms with Gasteiger partial charge in [0.05, 0.1) is 11.2 Å². The Kier molecular flexibility index (Phi) is 6.14. The number of pyridine rings is 1. The number of benzene rings is 2. The molecule has 4 N–H and O–H groups in total. The van der Waals surface area contributed by atoms with Gasteiger partial charge >= 0.3 is 12.0 Å². The Labute approximate surface area is 207 Å². The van der Waals surface area contributed by atoms with Crippen molar-refractivity contribution >= 4 is 39.9 Å². The molecule has 36 heavy (non-hydrogen) atoms. The third-order valence-electron chi connectivity index (χ3n) is 5.31. The predicted octanol–water partition coefficient (Wildman–Crippen LogP) is 5.85. The third kappa shape index (κ3) is 5.22. The van der Waals surface area contributed by atoms with Crippen LogP contribution in [0.2, 0.25) is 0 Å². The third-order valence-corrected chi connectivity index (χ3v) is 5.31. The minimum atomic E-state index is -0.368. The molecule has 0 unspecified atom stereocenters. The van der Waals surface area contributed by atoms with Crippen LogP contribution in [0, 0.1) is 20.8 Å². The summed E-state index contributed by atoms with van der Waals surface area (Å²) >= 11 is 0. The first-order valence-corrected chi connectivity index (χ1v) is 11.3. The SMILES string of the molecule is Cc1cc(Nc2cc(C)[nH]n2)nc(Oc2ccc(NC(=O)Nc3cccc4cccnc34)cc2C)n1. The lowest BCUT2D eigenvalue weighted by Gasteiger charge is -2.12. The van der Waals surface area contributed by atoms with E-state index >= 15 is 0 Å². The van der Waals surface area contributed by atoms with E-state index in [9.17, 15) is 4.79 Å². The fourth-order valence-electron chi connectivity index (χ4n) is 3.69. The number of H-pyrrole nitrogens is 1. The second-order valence-electron chi connectivity index (χ2n) is 8.28. The zero-order valence-corrected chi connectivity index (χ0v) is 20.0. The molecule has 0 aliphatic carbocycles. The number of carbonyl (C=O) groups is 1. The number of aromatic nitrogens is 5. The molecule has 10 heteroatoms. The van der Waals surface area contributed by atoms with Crippen molar-refractivity contribution in [3.05, 3.63) is 83.8 Å². The average Bonchev–Trinajstić information content (AvgIpc) is 3.25. The van der Waals surface area contributed by atoms with Crippen molar-refractivity contribution in [3.63, 3.8) is 0 Å². The minimum absolute atomic E-state index is 0.203. The number of hydrogen-bond acceptors (Lipinski definition) is 7. The van der Waals surface area contributed by atoms with Crippen LogP contribution in [0.25, 0.3) is 10.9 Å². The number of fused-ring (bicyclic) bond motifs is 1. The van der Waals surface area contributed by atoms with E-state index in [-0.39, 0.29) is 12.0 Å². The van der Waals surface area contributed by atoms with Gasteiger partial charge in [-0.25, -0.2) is 9.78 Å². The van der Waals surface area contributed by atoms with E-state index in [0.717, 1.165) is 27.9 Å². The molecule has 0 fully saturated rings. The van der Waals surface area contributed by atoms with E-state index in [2.05, 4.69) is 41.1 Å². The number of hydrogen-bond donors (Lipinski definition) is 4. The summed E-state index contributed by atoms with van der Waals surface area (Å²) in [5.41, 5.74) is 4.46. The van der Waals surface area contributed by atoms with E-state index in [4.69, 9.17) is 4.74 Å². The van der Waals surface area contributed by atoms with Crippen molar-refractivity contribution in [2.24, 2.45) is 0 Å². The molecule has 0 radical (unpaired) electrons. The molecular formula is C26H24N8O2. The van der Waals surface area contributed by atoms with Gasteiger partial charge in [-0.15, -0.1) is 0 Å². The Balaban J connectivity index is 1.27. The van der Waals surface area contributed by atoms with E-state index in [1.165, 1.54) is 0 Å². The number of para-hydroxylation sites is 1. The lowest BCUT2D eigenvalue weighted by Crippen LogP contribution is -2.19. The Morgan fingerprint density at radius 1 is 0.917 bits per heavy atom. The summed E-state index contributed by atoms with van der Waals surface area (Å²) in [4.78, 5) is 25.8. The van der Waals surface area contributed by atoms with Gasteiger partial charge in [0, 0.05) is 40.8 Å². The number of amides is 2. The maximum Gasteiger partial charge on any atom is 0.324 e. The highest BCUT2D eigenvalue weighted by molar-refractivity contribution is 6.05. The molecule has 0 bridgehead atoms. The summed E-state index contributed by atoms with van der Waals surface area (Å²) in [6.45, 7) is 5.66. The normalized spacial score (nSPS) is 10.8. The molecule has 5 aromatic rings. The number of ether oxygens (including phenoxy) is 1. The zero-order valence-electron chi connectivity index (χ0n) is 20.0. The number of anilines is 4. The Morgan fingerprint density at radius 3 is 2.58 bits per heavy atom. The summed E-state index contributed by atoms with van der Waals surface area (Å²) in [5.74, 6) is 1.80. The molecule has 0 spiro atoms. The molecule has 0 aliphatic rings. The van der Waals surface area contributed by atoms with Crippen LogP contribution in [0.4, 0.5) is 27.8 Å². The van der Waals surface area contributed by atoms with Gasteiger partial charge in [0.2, 0.25) is 0 Å². The maximum absolute atomic E-state index is 12.6. The molecule has 3 aromatic heterocycles. The van der Waals surface area contributed by atoms with E-state index in [0.29, 0.717) is 28.8 Å². The second kappa shape index (κ2) is 9.71. The van der Waals surface area contributed by atoms with Crippen LogP contribution in [-0.2, 0) is 0 Å². The van der Waals surface area contributed by atoms with E-state index in [1.807, 2.05) is 63.2 Å². The highest BCUT2D eigenvalue weighted by Gasteiger charge is 2.11. The van der Waals surface area contributed by atoms with Gasteiger partial charge in [0.25, 0.3) is 0 Å². The van der Waals surface area contributed by atoms with Crippen molar-refractivity contribution in [1.82, 2.24) is 25.1 Å². The first kappa shape index (κ1) is 22.8. The van der Waals surface area contributed by atoms with Gasteiger partial charge in [-0.2, -0.15) is 10.1 Å². The largest absolute Gasteiger partial charge is 0.424 e. The van der Waals surface area contributed by atoms with Gasteiger partial charge < -0.3 is 20.7 Å². The fraction of sp³-hybridized carbons (Fsp3) is 0.115. The predicted molar refractivity (Wildman–Crippen MR) is 139 cm³/mol. The van der Waals surface area contributed by atoms with Crippen molar-refractivity contribution in [2.45, 2.75) is 20.8 Å². The molecule has 5 rings (SSSR count). The average molecular weight is 481 g/mol. The molecule has 3 heterocycles. The molecule has 180 valence electrons. The molecular weight excluding hydrogens is 456 g/mol. The molecule has 0 saturated carbocycles. The summed E-state index contributed by atoms with van der Waals surface area (Å²) in [5, 5.41) is 16.8. The lowest BCUT2D eigenvalue weighted by atomic mass is 10.2. The summed E-state index contributed by atoms with van der Waals surface area (Å²) in [6, 6.07) is 18.3. The molecule has 2 aromatic carbocycles. The number of carbonyl (C=O) groups excluding carboxylic acids is 1. The Hall–Kier alpha value is -4.99. The Bertz CT molecular complexity index is 1560. The van der Waals surface area contributed by atoms with Crippen LogP contribution in [-0.4, -0.2) is 31.2 Å². The van der Waals surface area contributed by atoms with Crippen molar-refractivity contribution in [3.8, 4) is 11.8 Å². The molecule has 0 saturated heterocycles. The maximum atomic E-state index is 12.6. The van der Waals surface area contributed by atoms with Gasteiger partial charge in [-0.1, -0.05) is 18.2 Å². The van der Waals surface area contributed by atoms with E-state index in [1.54, 1.807) is 24.4 Å². The number of nitrogens with zero attached hydrogens (tertiary/aromatic N) is 4. The van der Waals surface area contributed by atoms with Crippen molar-refractivity contribution < 1.29 is 9.53 Å². The van der Waals surface area contributed by atoms with Gasteiger partial charge in [-0.3, -0.25) is 10.1 Å². The fourth-order valence-corrected chi connectivity index (χ4v) is 3.69. The monoisotopic (exact) mass is 480 g/mol. The molecule has 0 aliphatic heterocycles. The summed E-state index contributed by atoms with van der Waals surface area (Å²) < 4.78 is 5.95. The Morgan fingerprint density at radius 2 is 1.78 bits per heavy atom. The highest BCUT2D eigenvalue weighted by atomic mass is 16.5. The number of rotatable bonds is 6. The number of aryl methyl sites for hydroxylation is 3. The molecule has 0 atom stereocenters. The van der Waals surface area contributed by atoms with Crippen LogP contribution >= 0.6 is 0 Å². The summed E-state index contributed by atoms with van der Waals surface area (Å²) in [7, 11) is 0. The van der Waals surface area contributed by atoms with Crippen LogP contribution in [0.3, 0.4) is 0 Å². The highest BCUT2D eigenvalue weighted by Crippen LogP contribution is 2.27. The molecule has 10 nitrogen and oxygen atoms in total. The van der Waals surface area contributed by atoms with Gasteiger partial charge in [0.1, 0.15) is 11.6 Å². The van der Waals surface area contributed by atoms with Crippen molar-refractivity contribution in [1.29, 1.82) is 0 Å².